The van der Waals surface area contributed by atoms with Crippen molar-refractivity contribution < 1.29 is 75.6 Å². The average Bonchev–Trinajstić information content (AvgIpc) is 0.781. The molecule has 0 aliphatic heterocycles. The number of rotatable bonds is 28. The number of nitro benzene ring substituents is 3. The molecule has 32 nitrogen and oxygen atoms in total. The molecule has 0 radical (unpaired) electrons. The number of nitrogens with two attached hydrogens (primary N) is 1. The molecule has 0 heterocycles. The summed E-state index contributed by atoms with van der Waals surface area (Å²) >= 11 is 6.40. The van der Waals surface area contributed by atoms with E-state index in [1.807, 2.05) is 104 Å². The first-order valence-electron chi connectivity index (χ1n) is 46.5. The molecule has 1 saturated carbocycles. The highest BCUT2D eigenvalue weighted by atomic mass is 35.5. The number of ether oxygens (including phenoxy) is 2. The SMILES string of the molecule is CC(C)(C)CC(C)(C)c1ccc(OCCOc2ccc([N+](=O)[O-])cc2NC(=O)c2ccc3ccccc3c2N)cc1.CS(=O)(=O)c1ccc(NC(=O)c2ccc3ccccc3c2O)cc1.Cc1ccc(Nc2ccc([N+](=O)[O-])cc2[N+](=O)[O-])cc1N=Cc1c(O)c(C(=O)Nc2ccccc2)cc2ccccc12.O=C(Nc1ccc(S(=O)(=O)NNC(=NC2CCCCC2)c2ccccc2Cl)cc1)c1ccc2ccccc2c1O. The third kappa shape index (κ3) is 27.1. The van der Waals surface area contributed by atoms with Crippen molar-refractivity contribution in [3.05, 3.63) is 401 Å². The maximum Gasteiger partial charge on any atom is 0.299 e. The molecule has 17 rings (SSSR count). The summed E-state index contributed by atoms with van der Waals surface area (Å²) in [5.41, 5.74) is 14.8. The Morgan fingerprint density at radius 3 is 1.53 bits per heavy atom. The smallest absolute Gasteiger partial charge is 0.299 e. The van der Waals surface area contributed by atoms with Gasteiger partial charge >= 0.3 is 0 Å². The number of halogens is 1. The summed E-state index contributed by atoms with van der Waals surface area (Å²) in [6.07, 6.45) is 8.85. The van der Waals surface area contributed by atoms with Crippen LogP contribution in [-0.4, -0.2) is 108 Å². The number of nitro groups is 3. The fraction of sp³-hybridized carbons (Fsp3) is 0.161. The number of hydrazine groups is 1. The number of aromatic hydroxyl groups is 3. The number of sulfone groups is 1. The average molecular weight is 2040 g/mol. The van der Waals surface area contributed by atoms with E-state index in [-0.39, 0.29) is 102 Å². The lowest BCUT2D eigenvalue weighted by atomic mass is 9.72. The maximum atomic E-state index is 13.2. The van der Waals surface area contributed by atoms with Crippen LogP contribution in [0.4, 0.5) is 62.6 Å². The minimum Gasteiger partial charge on any atom is -0.506 e. The Balaban J connectivity index is 0.000000157. The number of para-hydroxylation sites is 1. The number of amidine groups is 1. The number of nitrogens with zero attached hydrogens (tertiary/aromatic N) is 5. The van der Waals surface area contributed by atoms with Crippen molar-refractivity contribution in [1.82, 2.24) is 10.3 Å². The van der Waals surface area contributed by atoms with E-state index in [2.05, 4.69) is 88.6 Å². The molecule has 0 saturated heterocycles. The number of hydrogen-bond acceptors (Lipinski definition) is 23. The molecule has 4 amide bonds. The predicted octanol–water partition coefficient (Wildman–Crippen LogP) is 24.4. The molecular weight excluding hydrogens is 1930 g/mol. The maximum absolute atomic E-state index is 13.2. The molecule has 0 bridgehead atoms. The van der Waals surface area contributed by atoms with Gasteiger partial charge in [0.1, 0.15) is 53.5 Å². The number of amides is 4. The number of nitrogen functional groups attached to an aromatic ring is 1. The van der Waals surface area contributed by atoms with Crippen LogP contribution in [0.3, 0.4) is 0 Å². The third-order valence-electron chi connectivity index (χ3n) is 24.0. The lowest BCUT2D eigenvalue weighted by Gasteiger charge is -2.33. The highest BCUT2D eigenvalue weighted by Crippen LogP contribution is 2.41. The fourth-order valence-electron chi connectivity index (χ4n) is 16.8. The highest BCUT2D eigenvalue weighted by Gasteiger charge is 2.30. The second-order valence-electron chi connectivity index (χ2n) is 36.4. The van der Waals surface area contributed by atoms with E-state index in [9.17, 15) is 81.7 Å². The molecule has 0 spiro atoms. The molecule has 0 aromatic heterocycles. The van der Waals surface area contributed by atoms with Gasteiger partial charge in [0, 0.05) is 80.7 Å². The summed E-state index contributed by atoms with van der Waals surface area (Å²) < 4.78 is 60.8. The molecule has 0 atom stereocenters. The van der Waals surface area contributed by atoms with E-state index in [1.165, 1.54) is 97.1 Å². The predicted molar refractivity (Wildman–Crippen MR) is 577 cm³/mol. The summed E-state index contributed by atoms with van der Waals surface area (Å²) in [4.78, 5) is 95.5. The Morgan fingerprint density at radius 2 is 0.959 bits per heavy atom. The number of aliphatic imine (C=N–C) groups is 2. The van der Waals surface area contributed by atoms with Gasteiger partial charge in [-0.3, -0.25) is 64.9 Å². The van der Waals surface area contributed by atoms with Gasteiger partial charge in [-0.1, -0.05) is 229 Å². The number of anilines is 7. The zero-order valence-corrected chi connectivity index (χ0v) is 83.2. The van der Waals surface area contributed by atoms with E-state index in [4.69, 9.17) is 31.8 Å². The van der Waals surface area contributed by atoms with Crippen molar-refractivity contribution in [3.8, 4) is 28.7 Å². The molecule has 1 aliphatic carbocycles. The van der Waals surface area contributed by atoms with Crippen molar-refractivity contribution in [3.63, 3.8) is 0 Å². The number of aryl methyl sites for hydroxylation is 1. The van der Waals surface area contributed by atoms with Crippen LogP contribution in [0.1, 0.15) is 137 Å². The molecule has 35 heteroatoms. The molecule has 12 N–H and O–H groups in total. The van der Waals surface area contributed by atoms with Gasteiger partial charge in [0.05, 0.1) is 81.0 Å². The Bertz CT molecular complexity index is 7990. The molecule has 1 aliphatic rings. The van der Waals surface area contributed by atoms with Crippen LogP contribution >= 0.6 is 11.6 Å². The van der Waals surface area contributed by atoms with Crippen LogP contribution in [0, 0.1) is 42.7 Å². The number of benzene rings is 16. The monoisotopic (exact) mass is 2030 g/mol. The number of fused-ring (bicyclic) bond motifs is 4. The van der Waals surface area contributed by atoms with E-state index in [0.29, 0.717) is 78.0 Å². The van der Waals surface area contributed by atoms with Crippen LogP contribution in [0.5, 0.6) is 28.7 Å². The van der Waals surface area contributed by atoms with Gasteiger partial charge in [-0.25, -0.2) is 16.8 Å². The first kappa shape index (κ1) is 105. The number of hydrogen-bond donors (Lipinski definition) is 11. The van der Waals surface area contributed by atoms with E-state index < -0.39 is 69.6 Å². The number of phenolic OH excluding ortho intramolecular Hbond substituents is 3. The Labute approximate surface area is 851 Å². The van der Waals surface area contributed by atoms with Crippen molar-refractivity contribution in [2.45, 2.75) is 101 Å². The number of phenols is 3. The number of carbonyl (C=O) groups excluding carboxylic acids is 4. The normalized spacial score (nSPS) is 12.3. The van der Waals surface area contributed by atoms with E-state index in [0.717, 1.165) is 76.9 Å². The quantitative estimate of drug-likeness (QED) is 0.00542. The Kier molecular flexibility index (Phi) is 33.5. The van der Waals surface area contributed by atoms with Crippen molar-refractivity contribution in [1.29, 1.82) is 0 Å². The van der Waals surface area contributed by atoms with Crippen molar-refractivity contribution in [2.75, 3.05) is 51.8 Å². The van der Waals surface area contributed by atoms with Gasteiger partial charge in [0.25, 0.3) is 50.7 Å². The van der Waals surface area contributed by atoms with Crippen LogP contribution in [-0.2, 0) is 25.3 Å². The summed E-state index contributed by atoms with van der Waals surface area (Å²) in [7, 11) is -7.27. The second kappa shape index (κ2) is 46.7. The standard InChI is InChI=1S/C33H37N3O5.C31H23N5O6.C30H29ClN4O4S.C18H15NO4S/c1-32(2,3)21-33(4,5)23-11-14-25(15-12-23)40-18-19-41-29-17-13-24(36(38)39)20-28(29)35-31(37)27-16-10-22-8-6-7-9-26(22)30(27)34;1-19-11-12-22(33-27-14-13-23(35(39)40)17-29(27)36(41)42)16-28(19)32-18-26-24-10-6-5-7-20(24)15-25(30(26)37)31(38)34-21-8-3-2-4-9-21;31-27-13-7-6-12-25(27)29(32-21-9-2-1-3-10-21)34-35-40(38,39)23-17-15-22(16-18-23)33-30(37)26-19-14-20-8-4-5-11-24(20)28(26)36;1-24(22,23)14-9-7-13(8-10-14)19-18(21)16-11-6-12-4-2-3-5-15(12)17(16)20/h6-17,20H,18-19,21,34H2,1-5H3,(H,35,37);2-18,33,37H,1H3,(H,34,38);4-8,11-19,21,35-36H,1-3,9-10H2,(H,32,34)(H,33,37);2-11,20H,1H3,(H,19,21). The molecule has 0 unspecified atom stereocenters. The molecule has 16 aromatic rings. The van der Waals surface area contributed by atoms with Gasteiger partial charge in [0.2, 0.25) is 0 Å². The van der Waals surface area contributed by atoms with Crippen LogP contribution in [0.2, 0.25) is 5.02 Å². The number of nitrogens with one attached hydrogen (secondary N) is 7. The second-order valence-corrected chi connectivity index (χ2v) is 40.5. The largest absolute Gasteiger partial charge is 0.506 e. The topological polar surface area (TPSA) is 480 Å². The zero-order chi connectivity index (χ0) is 105. The van der Waals surface area contributed by atoms with Gasteiger partial charge < -0.3 is 57.1 Å². The lowest BCUT2D eigenvalue weighted by Crippen LogP contribution is -2.42. The van der Waals surface area contributed by atoms with Gasteiger partial charge in [-0.05, 0) is 209 Å². The number of non-ortho nitro benzene ring substituents is 2. The van der Waals surface area contributed by atoms with Gasteiger partial charge in [-0.15, -0.1) is 4.83 Å². The minimum atomic E-state index is -3.98. The Hall–Kier alpha value is -17.5. The van der Waals surface area contributed by atoms with Gasteiger partial charge in [0.15, 0.2) is 9.84 Å². The minimum absolute atomic E-state index is 0.0114. The summed E-state index contributed by atoms with van der Waals surface area (Å²) in [5, 5.41) is 86.3. The Morgan fingerprint density at radius 1 is 0.469 bits per heavy atom. The number of carbonyl (C=O) groups is 4. The van der Waals surface area contributed by atoms with E-state index >= 15 is 0 Å². The molecule has 147 heavy (non-hydrogen) atoms. The van der Waals surface area contributed by atoms with E-state index in [1.54, 1.807) is 127 Å². The summed E-state index contributed by atoms with van der Waals surface area (Å²) in [6.45, 7) is 13.5. The molecular formula is C112H104ClN13O19S2. The van der Waals surface area contributed by atoms with Crippen LogP contribution in [0.15, 0.2) is 341 Å². The van der Waals surface area contributed by atoms with Gasteiger partial charge in [-0.2, -0.15) is 0 Å². The lowest BCUT2D eigenvalue weighted by molar-refractivity contribution is -0.393. The van der Waals surface area contributed by atoms with Crippen LogP contribution in [0.25, 0.3) is 43.1 Å². The zero-order valence-electron chi connectivity index (χ0n) is 80.8. The first-order chi connectivity index (χ1) is 70.2. The summed E-state index contributed by atoms with van der Waals surface area (Å²) in [6, 6.07) is 89.2. The molecule has 750 valence electrons. The highest BCUT2D eigenvalue weighted by molar-refractivity contribution is 7.90. The van der Waals surface area contributed by atoms with Crippen molar-refractivity contribution >= 4 is 173 Å². The summed E-state index contributed by atoms with van der Waals surface area (Å²) in [5.74, 6) is -1.03. The number of sulfonamides is 1. The molecule has 16 aromatic carbocycles. The fourth-order valence-corrected chi connectivity index (χ4v) is 18.5. The first-order valence-corrected chi connectivity index (χ1v) is 50.2. The van der Waals surface area contributed by atoms with Crippen LogP contribution < -0.4 is 52.0 Å². The third-order valence-corrected chi connectivity index (χ3v) is 26.7. The molecule has 1 fully saturated rings. The van der Waals surface area contributed by atoms with Crippen molar-refractivity contribution in [2.24, 2.45) is 15.4 Å².